The van der Waals surface area contributed by atoms with Gasteiger partial charge in [0.1, 0.15) is 12.4 Å². The standard InChI is InChI=1S/C15H25NO5/c1-6-16-11(9-17-2)10-21-12-7-13(18-3)15(20-5)14(8-12)19-4/h7-8,11,16H,6,9-10H2,1-5H3. The molecule has 1 unspecified atom stereocenters. The summed E-state index contributed by atoms with van der Waals surface area (Å²) in [6.07, 6.45) is 0. The largest absolute Gasteiger partial charge is 0.493 e. The molecule has 0 aliphatic heterocycles. The first-order valence-electron chi connectivity index (χ1n) is 6.85. The fourth-order valence-corrected chi connectivity index (χ4v) is 1.99. The van der Waals surface area contributed by atoms with E-state index in [2.05, 4.69) is 5.32 Å². The van der Waals surface area contributed by atoms with Gasteiger partial charge in [-0.25, -0.2) is 0 Å². The second-order valence-corrected chi connectivity index (χ2v) is 4.38. The van der Waals surface area contributed by atoms with Gasteiger partial charge in [0.15, 0.2) is 11.5 Å². The minimum Gasteiger partial charge on any atom is -0.493 e. The number of methoxy groups -OCH3 is 4. The molecule has 0 fully saturated rings. The van der Waals surface area contributed by atoms with E-state index < -0.39 is 0 Å². The van der Waals surface area contributed by atoms with Gasteiger partial charge in [0.2, 0.25) is 5.75 Å². The van der Waals surface area contributed by atoms with Crippen molar-refractivity contribution in [1.82, 2.24) is 5.32 Å². The molecule has 6 heteroatoms. The average Bonchev–Trinajstić information content (AvgIpc) is 2.51. The zero-order chi connectivity index (χ0) is 15.7. The van der Waals surface area contributed by atoms with Gasteiger partial charge in [-0.1, -0.05) is 6.92 Å². The van der Waals surface area contributed by atoms with Gasteiger partial charge in [0.05, 0.1) is 34.0 Å². The van der Waals surface area contributed by atoms with Crippen LogP contribution in [-0.2, 0) is 4.74 Å². The first kappa shape index (κ1) is 17.4. The van der Waals surface area contributed by atoms with Gasteiger partial charge in [-0.05, 0) is 6.54 Å². The monoisotopic (exact) mass is 299 g/mol. The minimum absolute atomic E-state index is 0.124. The summed E-state index contributed by atoms with van der Waals surface area (Å²) in [4.78, 5) is 0. The van der Waals surface area contributed by atoms with Crippen molar-refractivity contribution in [1.29, 1.82) is 0 Å². The Bertz CT molecular complexity index is 394. The van der Waals surface area contributed by atoms with E-state index in [9.17, 15) is 0 Å². The third kappa shape index (κ3) is 4.99. The smallest absolute Gasteiger partial charge is 0.203 e. The van der Waals surface area contributed by atoms with Crippen LogP contribution < -0.4 is 24.3 Å². The molecular formula is C15H25NO5. The summed E-state index contributed by atoms with van der Waals surface area (Å²) in [5, 5.41) is 3.30. The molecule has 0 bridgehead atoms. The lowest BCUT2D eigenvalue weighted by Gasteiger charge is -2.19. The molecule has 0 spiro atoms. The Hall–Kier alpha value is -1.66. The maximum absolute atomic E-state index is 5.80. The Morgan fingerprint density at radius 1 is 0.952 bits per heavy atom. The van der Waals surface area contributed by atoms with Crippen molar-refractivity contribution in [2.75, 3.05) is 48.2 Å². The Balaban J connectivity index is 2.83. The quantitative estimate of drug-likeness (QED) is 0.710. The van der Waals surface area contributed by atoms with Gasteiger partial charge in [0.25, 0.3) is 0 Å². The van der Waals surface area contributed by atoms with Crippen LogP contribution in [-0.4, -0.2) is 54.2 Å². The van der Waals surface area contributed by atoms with Crippen LogP contribution in [0.3, 0.4) is 0 Å². The molecule has 0 aliphatic rings. The van der Waals surface area contributed by atoms with Crippen LogP contribution in [0, 0.1) is 0 Å². The van der Waals surface area contributed by atoms with E-state index in [1.54, 1.807) is 40.6 Å². The van der Waals surface area contributed by atoms with Gasteiger partial charge in [0, 0.05) is 19.2 Å². The summed E-state index contributed by atoms with van der Waals surface area (Å²) in [6.45, 7) is 3.97. The Labute approximate surface area is 126 Å². The molecule has 0 heterocycles. The van der Waals surface area contributed by atoms with E-state index in [4.69, 9.17) is 23.7 Å². The number of likely N-dealkylation sites (N-methyl/N-ethyl adjacent to an activating group) is 1. The van der Waals surface area contributed by atoms with Crippen molar-refractivity contribution in [2.45, 2.75) is 13.0 Å². The highest BCUT2D eigenvalue weighted by atomic mass is 16.5. The molecule has 6 nitrogen and oxygen atoms in total. The van der Waals surface area contributed by atoms with Crippen molar-refractivity contribution in [3.05, 3.63) is 12.1 Å². The summed E-state index contributed by atoms with van der Waals surface area (Å²) in [5.74, 6) is 2.34. The molecule has 0 aliphatic carbocycles. The van der Waals surface area contributed by atoms with Gasteiger partial charge in [-0.3, -0.25) is 0 Å². The van der Waals surface area contributed by atoms with Crippen LogP contribution >= 0.6 is 0 Å². The van der Waals surface area contributed by atoms with Crippen LogP contribution in [0.5, 0.6) is 23.0 Å². The molecule has 0 amide bonds. The van der Waals surface area contributed by atoms with Crippen LogP contribution in [0.4, 0.5) is 0 Å². The molecule has 1 rings (SSSR count). The molecule has 0 saturated heterocycles. The number of hydrogen-bond donors (Lipinski definition) is 1. The number of hydrogen-bond acceptors (Lipinski definition) is 6. The molecule has 0 aromatic heterocycles. The maximum Gasteiger partial charge on any atom is 0.203 e. The molecule has 0 radical (unpaired) electrons. The Morgan fingerprint density at radius 3 is 2.00 bits per heavy atom. The first-order chi connectivity index (χ1) is 10.2. The van der Waals surface area contributed by atoms with E-state index in [1.165, 1.54) is 0 Å². The zero-order valence-electron chi connectivity index (χ0n) is 13.4. The Morgan fingerprint density at radius 2 is 1.57 bits per heavy atom. The SMILES string of the molecule is CCNC(COC)COc1cc(OC)c(OC)c(OC)c1. The highest BCUT2D eigenvalue weighted by Crippen LogP contribution is 2.40. The topological polar surface area (TPSA) is 58.2 Å². The molecule has 1 N–H and O–H groups in total. The molecule has 120 valence electrons. The van der Waals surface area contributed by atoms with Gasteiger partial charge in [-0.15, -0.1) is 0 Å². The first-order valence-corrected chi connectivity index (χ1v) is 6.85. The number of nitrogens with one attached hydrogen (secondary N) is 1. The third-order valence-electron chi connectivity index (χ3n) is 2.95. The van der Waals surface area contributed by atoms with Crippen molar-refractivity contribution < 1.29 is 23.7 Å². The van der Waals surface area contributed by atoms with Crippen molar-refractivity contribution in [2.24, 2.45) is 0 Å². The molecule has 21 heavy (non-hydrogen) atoms. The maximum atomic E-state index is 5.80. The van der Waals surface area contributed by atoms with Gasteiger partial charge < -0.3 is 29.0 Å². The normalized spacial score (nSPS) is 11.9. The van der Waals surface area contributed by atoms with E-state index in [-0.39, 0.29) is 6.04 Å². The van der Waals surface area contributed by atoms with Gasteiger partial charge >= 0.3 is 0 Å². The van der Waals surface area contributed by atoms with Crippen molar-refractivity contribution >= 4 is 0 Å². The Kier molecular flexibility index (Phi) is 7.71. The number of ether oxygens (including phenoxy) is 5. The summed E-state index contributed by atoms with van der Waals surface area (Å²) < 4.78 is 26.8. The molecule has 0 saturated carbocycles. The third-order valence-corrected chi connectivity index (χ3v) is 2.95. The molecular weight excluding hydrogens is 274 g/mol. The average molecular weight is 299 g/mol. The highest BCUT2D eigenvalue weighted by Gasteiger charge is 2.15. The lowest BCUT2D eigenvalue weighted by atomic mass is 10.2. The lowest BCUT2D eigenvalue weighted by molar-refractivity contribution is 0.136. The fraction of sp³-hybridized carbons (Fsp3) is 0.600. The van der Waals surface area contributed by atoms with Gasteiger partial charge in [-0.2, -0.15) is 0 Å². The predicted molar refractivity (Wildman–Crippen MR) is 80.9 cm³/mol. The second kappa shape index (κ2) is 9.31. The summed E-state index contributed by atoms with van der Waals surface area (Å²) in [7, 11) is 6.39. The van der Waals surface area contributed by atoms with Crippen LogP contribution in [0.2, 0.25) is 0 Å². The van der Waals surface area contributed by atoms with Crippen LogP contribution in [0.15, 0.2) is 12.1 Å². The summed E-state index contributed by atoms with van der Waals surface area (Å²) >= 11 is 0. The second-order valence-electron chi connectivity index (χ2n) is 4.38. The van der Waals surface area contributed by atoms with E-state index in [1.807, 2.05) is 6.92 Å². The minimum atomic E-state index is 0.124. The zero-order valence-corrected chi connectivity index (χ0v) is 13.4. The molecule has 1 aromatic carbocycles. The van der Waals surface area contributed by atoms with Crippen LogP contribution in [0.25, 0.3) is 0 Å². The molecule has 1 atom stereocenters. The highest BCUT2D eigenvalue weighted by molar-refractivity contribution is 5.55. The van der Waals surface area contributed by atoms with E-state index in [0.29, 0.717) is 36.2 Å². The fourth-order valence-electron chi connectivity index (χ4n) is 1.99. The van der Waals surface area contributed by atoms with E-state index >= 15 is 0 Å². The number of benzene rings is 1. The molecule has 1 aromatic rings. The van der Waals surface area contributed by atoms with E-state index in [0.717, 1.165) is 6.54 Å². The van der Waals surface area contributed by atoms with Crippen molar-refractivity contribution in [3.63, 3.8) is 0 Å². The lowest BCUT2D eigenvalue weighted by Crippen LogP contribution is -2.38. The number of rotatable bonds is 10. The predicted octanol–water partition coefficient (Wildman–Crippen LogP) is 1.72. The van der Waals surface area contributed by atoms with Crippen molar-refractivity contribution in [3.8, 4) is 23.0 Å². The summed E-state index contributed by atoms with van der Waals surface area (Å²) in [5.41, 5.74) is 0. The van der Waals surface area contributed by atoms with Crippen LogP contribution in [0.1, 0.15) is 6.92 Å². The summed E-state index contributed by atoms with van der Waals surface area (Å²) in [6, 6.07) is 3.67.